The van der Waals surface area contributed by atoms with Crippen molar-refractivity contribution in [3.8, 4) is 5.75 Å². The highest BCUT2D eigenvalue weighted by atomic mass is 16.5. The van der Waals surface area contributed by atoms with Crippen molar-refractivity contribution in [1.82, 2.24) is 30.4 Å². The molecule has 31 heavy (non-hydrogen) atoms. The fourth-order valence-corrected chi connectivity index (χ4v) is 3.41. The molecule has 0 aliphatic carbocycles. The van der Waals surface area contributed by atoms with E-state index in [-0.39, 0.29) is 12.6 Å². The number of aryl methyl sites for hydroxylation is 1. The summed E-state index contributed by atoms with van der Waals surface area (Å²) >= 11 is 0. The van der Waals surface area contributed by atoms with Crippen LogP contribution in [0.1, 0.15) is 31.9 Å². The zero-order chi connectivity index (χ0) is 22.8. The molecule has 1 aromatic carbocycles. The Morgan fingerprint density at radius 2 is 1.97 bits per heavy atom. The van der Waals surface area contributed by atoms with Crippen LogP contribution in [0.4, 0.5) is 4.79 Å². The predicted molar refractivity (Wildman–Crippen MR) is 113 cm³/mol. The van der Waals surface area contributed by atoms with Crippen molar-refractivity contribution in [2.75, 3.05) is 13.7 Å². The van der Waals surface area contributed by atoms with Crippen LogP contribution in [0.3, 0.4) is 0 Å². The molecule has 1 atom stereocenters. The number of urea groups is 1. The van der Waals surface area contributed by atoms with Crippen molar-refractivity contribution in [2.24, 2.45) is 7.05 Å². The minimum absolute atomic E-state index is 0.0167. The number of carbonyl (C=O) groups is 3. The smallest absolute Gasteiger partial charge is 0.344 e. The highest BCUT2D eigenvalue weighted by Crippen LogP contribution is 2.29. The monoisotopic (exact) mass is 428 g/mol. The third-order valence-electron chi connectivity index (χ3n) is 5.32. The number of nitrogens with zero attached hydrogens (tertiary/aromatic N) is 4. The molecule has 2 heterocycles. The first-order chi connectivity index (χ1) is 14.6. The molecule has 3 rings (SSSR count). The van der Waals surface area contributed by atoms with Crippen LogP contribution in [0.2, 0.25) is 0 Å². The quantitative estimate of drug-likeness (QED) is 0.611. The van der Waals surface area contributed by atoms with Gasteiger partial charge in [-0.05, 0) is 38.5 Å². The number of aromatic nitrogens is 2. The zero-order valence-electron chi connectivity index (χ0n) is 18.4. The van der Waals surface area contributed by atoms with E-state index < -0.39 is 23.4 Å². The summed E-state index contributed by atoms with van der Waals surface area (Å²) in [5, 5.41) is 7.55. The minimum Gasteiger partial charge on any atom is -0.497 e. The molecule has 1 unspecified atom stereocenters. The van der Waals surface area contributed by atoms with Gasteiger partial charge in [0.15, 0.2) is 0 Å². The van der Waals surface area contributed by atoms with E-state index >= 15 is 0 Å². The third-order valence-corrected chi connectivity index (χ3v) is 5.32. The van der Waals surface area contributed by atoms with Crippen molar-refractivity contribution in [3.05, 3.63) is 47.8 Å². The Morgan fingerprint density at radius 3 is 2.52 bits per heavy atom. The number of carbonyl (C=O) groups excluding carboxylic acids is 3. The molecule has 0 radical (unpaired) electrons. The maximum atomic E-state index is 13.0. The maximum absolute atomic E-state index is 13.0. The van der Waals surface area contributed by atoms with Crippen LogP contribution in [0, 0.1) is 0 Å². The molecule has 0 saturated carbocycles. The number of methoxy groups -OCH3 is 1. The number of ether oxygens (including phenoxy) is 1. The molecule has 10 nitrogen and oxygen atoms in total. The van der Waals surface area contributed by atoms with Crippen LogP contribution in [0.15, 0.2) is 36.7 Å². The number of nitrogens with one attached hydrogen (secondary N) is 2. The van der Waals surface area contributed by atoms with Gasteiger partial charge in [0.2, 0.25) is 0 Å². The largest absolute Gasteiger partial charge is 0.497 e. The number of amides is 4. The first-order valence-corrected chi connectivity index (χ1v) is 9.96. The second-order valence-corrected chi connectivity index (χ2v) is 7.98. The molecule has 0 spiro atoms. The van der Waals surface area contributed by atoms with Gasteiger partial charge in [-0.2, -0.15) is 10.1 Å². The molecule has 166 valence electrons. The molecular formula is C21H28N6O4. The molecule has 2 aromatic rings. The molecule has 4 amide bonds. The third kappa shape index (κ3) is 4.69. The lowest BCUT2D eigenvalue weighted by Crippen LogP contribution is -2.51. The standard InChI is InChI=1S/C21H28N6O4/c1-14(2)26(12-15-10-22-25(4)11-15)13-18(28)24-27-19(29)21(3,23-20(27)30)16-6-8-17(31-5)9-7-16/h6-11,14H,12-13H2,1-5H3,(H,23,30)(H,24,28). The van der Waals surface area contributed by atoms with Gasteiger partial charge in [-0.1, -0.05) is 12.1 Å². The van der Waals surface area contributed by atoms with Crippen LogP contribution in [0.25, 0.3) is 0 Å². The SMILES string of the molecule is COc1ccc(C2(C)NC(=O)N(NC(=O)CN(Cc3cnn(C)c3)C(C)C)C2=O)cc1. The van der Waals surface area contributed by atoms with Gasteiger partial charge in [0.1, 0.15) is 11.3 Å². The Kier molecular flexibility index (Phi) is 6.30. The summed E-state index contributed by atoms with van der Waals surface area (Å²) in [6.07, 6.45) is 3.62. The Bertz CT molecular complexity index is 971. The molecule has 2 N–H and O–H groups in total. The maximum Gasteiger partial charge on any atom is 0.344 e. The Hall–Kier alpha value is -3.40. The van der Waals surface area contributed by atoms with Crippen molar-refractivity contribution in [2.45, 2.75) is 38.9 Å². The fraction of sp³-hybridized carbons (Fsp3) is 0.429. The Balaban J connectivity index is 1.68. The van der Waals surface area contributed by atoms with E-state index in [0.717, 1.165) is 10.6 Å². The number of hydrogen-bond acceptors (Lipinski definition) is 6. The normalized spacial score (nSPS) is 18.6. The number of imide groups is 1. The minimum atomic E-state index is -1.29. The predicted octanol–water partition coefficient (Wildman–Crippen LogP) is 1.14. The lowest BCUT2D eigenvalue weighted by Gasteiger charge is -2.26. The molecule has 10 heteroatoms. The second-order valence-electron chi connectivity index (χ2n) is 7.98. The summed E-state index contributed by atoms with van der Waals surface area (Å²) in [6, 6.07) is 6.21. The zero-order valence-corrected chi connectivity index (χ0v) is 18.4. The Labute approximate surface area is 181 Å². The summed E-state index contributed by atoms with van der Waals surface area (Å²) in [5.74, 6) is -0.379. The van der Waals surface area contributed by atoms with E-state index in [9.17, 15) is 14.4 Å². The van der Waals surface area contributed by atoms with Crippen molar-refractivity contribution < 1.29 is 19.1 Å². The van der Waals surface area contributed by atoms with E-state index in [1.54, 1.807) is 49.2 Å². The highest BCUT2D eigenvalue weighted by Gasteiger charge is 2.50. The molecule has 1 aromatic heterocycles. The summed E-state index contributed by atoms with van der Waals surface area (Å²) in [6.45, 7) is 6.08. The summed E-state index contributed by atoms with van der Waals surface area (Å²) < 4.78 is 6.83. The molecule has 1 fully saturated rings. The van der Waals surface area contributed by atoms with Crippen LogP contribution >= 0.6 is 0 Å². The lowest BCUT2D eigenvalue weighted by molar-refractivity contribution is -0.139. The van der Waals surface area contributed by atoms with Crippen LogP contribution < -0.4 is 15.5 Å². The van der Waals surface area contributed by atoms with E-state index in [1.807, 2.05) is 32.0 Å². The van der Waals surface area contributed by atoms with E-state index in [0.29, 0.717) is 17.9 Å². The second kappa shape index (κ2) is 8.76. The topological polar surface area (TPSA) is 109 Å². The van der Waals surface area contributed by atoms with E-state index in [1.165, 1.54) is 0 Å². The van der Waals surface area contributed by atoms with Crippen LogP contribution in [0.5, 0.6) is 5.75 Å². The van der Waals surface area contributed by atoms with Gasteiger partial charge in [0.25, 0.3) is 11.8 Å². The van der Waals surface area contributed by atoms with Gasteiger partial charge in [0, 0.05) is 31.4 Å². The van der Waals surface area contributed by atoms with Crippen molar-refractivity contribution in [3.63, 3.8) is 0 Å². The lowest BCUT2D eigenvalue weighted by atomic mass is 9.92. The molecule has 1 saturated heterocycles. The summed E-state index contributed by atoms with van der Waals surface area (Å²) in [4.78, 5) is 40.1. The molecule has 1 aliphatic rings. The fourth-order valence-electron chi connectivity index (χ4n) is 3.41. The number of rotatable bonds is 8. The number of benzene rings is 1. The van der Waals surface area contributed by atoms with E-state index in [2.05, 4.69) is 15.8 Å². The first-order valence-electron chi connectivity index (χ1n) is 9.96. The average Bonchev–Trinajstić information content (AvgIpc) is 3.23. The van der Waals surface area contributed by atoms with Gasteiger partial charge in [-0.15, -0.1) is 0 Å². The highest BCUT2D eigenvalue weighted by molar-refractivity contribution is 6.08. The molecule has 1 aliphatic heterocycles. The van der Waals surface area contributed by atoms with Crippen molar-refractivity contribution >= 4 is 17.8 Å². The summed E-state index contributed by atoms with van der Waals surface area (Å²) in [7, 11) is 3.37. The number of hydrogen-bond donors (Lipinski definition) is 2. The van der Waals surface area contributed by atoms with Crippen LogP contribution in [-0.2, 0) is 28.7 Å². The van der Waals surface area contributed by atoms with Gasteiger partial charge >= 0.3 is 6.03 Å². The number of hydrazine groups is 1. The van der Waals surface area contributed by atoms with Crippen molar-refractivity contribution in [1.29, 1.82) is 0 Å². The van der Waals surface area contributed by atoms with Gasteiger partial charge in [-0.25, -0.2) is 4.79 Å². The van der Waals surface area contributed by atoms with Crippen LogP contribution in [-0.4, -0.2) is 57.2 Å². The van der Waals surface area contributed by atoms with E-state index in [4.69, 9.17) is 4.74 Å². The van der Waals surface area contributed by atoms with Gasteiger partial charge < -0.3 is 10.1 Å². The molecular weight excluding hydrogens is 400 g/mol. The summed E-state index contributed by atoms with van der Waals surface area (Å²) in [5.41, 5.74) is 2.71. The molecule has 0 bridgehead atoms. The first kappa shape index (κ1) is 22.3. The van der Waals surface area contributed by atoms with Gasteiger partial charge in [-0.3, -0.25) is 24.6 Å². The average molecular weight is 428 g/mol. The van der Waals surface area contributed by atoms with Gasteiger partial charge in [0.05, 0.1) is 19.9 Å². The Morgan fingerprint density at radius 1 is 1.29 bits per heavy atom.